The molecule has 0 heterocycles. The molecule has 0 fully saturated rings. The Morgan fingerprint density at radius 2 is 2.12 bits per heavy atom. The molecule has 1 aromatic carbocycles. The van der Waals surface area contributed by atoms with E-state index in [4.69, 9.17) is 10.00 Å². The van der Waals surface area contributed by atoms with Crippen molar-refractivity contribution in [3.8, 4) is 11.8 Å². The molecule has 0 aromatic heterocycles. The van der Waals surface area contributed by atoms with Gasteiger partial charge in [-0.15, -0.1) is 6.58 Å². The molecule has 17 heavy (non-hydrogen) atoms. The van der Waals surface area contributed by atoms with Crippen molar-refractivity contribution in [2.24, 2.45) is 5.41 Å². The minimum absolute atomic E-state index is 0.334. The van der Waals surface area contributed by atoms with Gasteiger partial charge in [-0.1, -0.05) is 13.0 Å². The number of nitriles is 1. The molecule has 0 radical (unpaired) electrons. The standard InChI is InChI=1S/C14H15NO2/c1-4-14(3,5-2)13(16)17-12-8-6-11(10-15)7-9-12/h4,6-9H,1,5H2,2-3H3. The molecule has 0 bridgehead atoms. The third-order valence-electron chi connectivity index (χ3n) is 2.85. The summed E-state index contributed by atoms with van der Waals surface area (Å²) < 4.78 is 5.24. The van der Waals surface area contributed by atoms with Crippen molar-refractivity contribution in [3.63, 3.8) is 0 Å². The average Bonchev–Trinajstić information content (AvgIpc) is 2.38. The van der Waals surface area contributed by atoms with Crippen LogP contribution < -0.4 is 4.74 Å². The Morgan fingerprint density at radius 3 is 2.53 bits per heavy atom. The first-order valence-corrected chi connectivity index (χ1v) is 5.41. The third kappa shape index (κ3) is 2.94. The van der Waals surface area contributed by atoms with E-state index in [2.05, 4.69) is 6.58 Å². The van der Waals surface area contributed by atoms with Crippen LogP contribution >= 0.6 is 0 Å². The molecule has 1 rings (SSSR count). The first-order valence-electron chi connectivity index (χ1n) is 5.41. The zero-order chi connectivity index (χ0) is 12.9. The Morgan fingerprint density at radius 1 is 1.53 bits per heavy atom. The lowest BCUT2D eigenvalue weighted by molar-refractivity contribution is -0.142. The summed E-state index contributed by atoms with van der Waals surface area (Å²) in [5, 5.41) is 8.64. The molecule has 0 aliphatic rings. The summed E-state index contributed by atoms with van der Waals surface area (Å²) in [5.41, 5.74) is -0.139. The molecule has 88 valence electrons. The quantitative estimate of drug-likeness (QED) is 0.453. The van der Waals surface area contributed by atoms with Crippen LogP contribution in [0.4, 0.5) is 0 Å². The molecule has 1 atom stereocenters. The minimum atomic E-state index is -0.673. The lowest BCUT2D eigenvalue weighted by atomic mass is 9.88. The molecule has 1 aromatic rings. The fourth-order valence-corrected chi connectivity index (χ4v) is 1.19. The van der Waals surface area contributed by atoms with Gasteiger partial charge in [0.15, 0.2) is 0 Å². The van der Waals surface area contributed by atoms with Gasteiger partial charge in [0.05, 0.1) is 17.0 Å². The summed E-state index contributed by atoms with van der Waals surface area (Å²) in [7, 11) is 0. The van der Waals surface area contributed by atoms with Gasteiger partial charge in [-0.2, -0.15) is 5.26 Å². The molecule has 0 spiro atoms. The van der Waals surface area contributed by atoms with Crippen molar-refractivity contribution in [2.45, 2.75) is 20.3 Å². The van der Waals surface area contributed by atoms with Crippen LogP contribution in [0, 0.1) is 16.7 Å². The average molecular weight is 229 g/mol. The lowest BCUT2D eigenvalue weighted by Gasteiger charge is -2.21. The zero-order valence-electron chi connectivity index (χ0n) is 10.1. The highest BCUT2D eigenvalue weighted by molar-refractivity contribution is 5.80. The van der Waals surface area contributed by atoms with Gasteiger partial charge in [-0.05, 0) is 37.6 Å². The van der Waals surface area contributed by atoms with Crippen molar-refractivity contribution in [2.75, 3.05) is 0 Å². The molecular formula is C14H15NO2. The molecule has 0 N–H and O–H groups in total. The second kappa shape index (κ2) is 5.31. The van der Waals surface area contributed by atoms with Crippen LogP contribution in [0.15, 0.2) is 36.9 Å². The monoisotopic (exact) mass is 229 g/mol. The molecule has 0 saturated carbocycles. The zero-order valence-corrected chi connectivity index (χ0v) is 10.1. The molecule has 0 amide bonds. The van der Waals surface area contributed by atoms with Crippen LogP contribution in [0.5, 0.6) is 5.75 Å². The van der Waals surface area contributed by atoms with Crippen LogP contribution in [0.3, 0.4) is 0 Å². The number of hydrogen-bond acceptors (Lipinski definition) is 3. The smallest absolute Gasteiger partial charge is 0.321 e. The maximum absolute atomic E-state index is 11.9. The summed E-state index contributed by atoms with van der Waals surface area (Å²) in [6.45, 7) is 7.34. The van der Waals surface area contributed by atoms with E-state index in [1.165, 1.54) is 0 Å². The highest BCUT2D eigenvalue weighted by Gasteiger charge is 2.29. The number of hydrogen-bond donors (Lipinski definition) is 0. The highest BCUT2D eigenvalue weighted by atomic mass is 16.5. The molecule has 3 nitrogen and oxygen atoms in total. The second-order valence-corrected chi connectivity index (χ2v) is 4.00. The van der Waals surface area contributed by atoms with Crippen molar-refractivity contribution in [1.82, 2.24) is 0 Å². The molecule has 0 aliphatic heterocycles. The van der Waals surface area contributed by atoms with E-state index in [1.807, 2.05) is 13.0 Å². The molecular weight excluding hydrogens is 214 g/mol. The topological polar surface area (TPSA) is 50.1 Å². The molecule has 1 unspecified atom stereocenters. The van der Waals surface area contributed by atoms with Crippen molar-refractivity contribution in [1.29, 1.82) is 5.26 Å². The lowest BCUT2D eigenvalue weighted by Crippen LogP contribution is -2.29. The van der Waals surface area contributed by atoms with E-state index < -0.39 is 5.41 Å². The van der Waals surface area contributed by atoms with E-state index in [0.717, 1.165) is 0 Å². The van der Waals surface area contributed by atoms with Crippen molar-refractivity contribution in [3.05, 3.63) is 42.5 Å². The SMILES string of the molecule is C=CC(C)(CC)C(=O)Oc1ccc(C#N)cc1. The van der Waals surface area contributed by atoms with Crippen LogP contribution in [-0.4, -0.2) is 5.97 Å². The van der Waals surface area contributed by atoms with Crippen LogP contribution in [0.25, 0.3) is 0 Å². The van der Waals surface area contributed by atoms with Gasteiger partial charge in [0.2, 0.25) is 0 Å². The van der Waals surface area contributed by atoms with Gasteiger partial charge >= 0.3 is 5.97 Å². The number of esters is 1. The molecule has 3 heteroatoms. The summed E-state index contributed by atoms with van der Waals surface area (Å²) in [6.07, 6.45) is 2.23. The first kappa shape index (κ1) is 13.0. The third-order valence-corrected chi connectivity index (χ3v) is 2.85. The van der Waals surface area contributed by atoms with Crippen LogP contribution in [0.1, 0.15) is 25.8 Å². The minimum Gasteiger partial charge on any atom is -0.426 e. The number of carbonyl (C=O) groups excluding carboxylic acids is 1. The summed E-state index contributed by atoms with van der Waals surface area (Å²) >= 11 is 0. The summed E-state index contributed by atoms with van der Waals surface area (Å²) in [5.74, 6) is 0.107. The summed E-state index contributed by atoms with van der Waals surface area (Å²) in [6, 6.07) is 8.44. The first-order chi connectivity index (χ1) is 8.05. The van der Waals surface area contributed by atoms with E-state index in [1.54, 1.807) is 37.3 Å². The predicted molar refractivity (Wildman–Crippen MR) is 65.4 cm³/mol. The second-order valence-electron chi connectivity index (χ2n) is 4.00. The van der Waals surface area contributed by atoms with Crippen molar-refractivity contribution < 1.29 is 9.53 Å². The Bertz CT molecular complexity index is 456. The number of carbonyl (C=O) groups is 1. The van der Waals surface area contributed by atoms with E-state index in [9.17, 15) is 4.79 Å². The van der Waals surface area contributed by atoms with Gasteiger partial charge in [0.1, 0.15) is 5.75 Å². The predicted octanol–water partition coefficient (Wildman–Crippen LogP) is 3.07. The van der Waals surface area contributed by atoms with E-state index in [0.29, 0.717) is 17.7 Å². The molecule has 0 saturated heterocycles. The Kier molecular flexibility index (Phi) is 4.06. The number of rotatable bonds is 4. The Balaban J connectivity index is 2.81. The van der Waals surface area contributed by atoms with Gasteiger partial charge in [-0.25, -0.2) is 0 Å². The van der Waals surface area contributed by atoms with Crippen molar-refractivity contribution >= 4 is 5.97 Å². The van der Waals surface area contributed by atoms with Gasteiger partial charge in [-0.3, -0.25) is 4.79 Å². The Labute approximate surface area is 101 Å². The fourth-order valence-electron chi connectivity index (χ4n) is 1.19. The number of nitrogens with zero attached hydrogens (tertiary/aromatic N) is 1. The van der Waals surface area contributed by atoms with Crippen LogP contribution in [0.2, 0.25) is 0 Å². The Hall–Kier alpha value is -2.08. The maximum Gasteiger partial charge on any atom is 0.321 e. The highest BCUT2D eigenvalue weighted by Crippen LogP contribution is 2.25. The largest absolute Gasteiger partial charge is 0.426 e. The number of benzene rings is 1. The van der Waals surface area contributed by atoms with E-state index in [-0.39, 0.29) is 5.97 Å². The summed E-state index contributed by atoms with van der Waals surface area (Å²) in [4.78, 5) is 11.9. The number of ether oxygens (including phenoxy) is 1. The van der Waals surface area contributed by atoms with Gasteiger partial charge in [0, 0.05) is 0 Å². The van der Waals surface area contributed by atoms with Crippen LogP contribution in [-0.2, 0) is 4.79 Å². The molecule has 0 aliphatic carbocycles. The van der Waals surface area contributed by atoms with Gasteiger partial charge < -0.3 is 4.74 Å². The fraction of sp³-hybridized carbons (Fsp3) is 0.286. The van der Waals surface area contributed by atoms with Gasteiger partial charge in [0.25, 0.3) is 0 Å². The van der Waals surface area contributed by atoms with E-state index >= 15 is 0 Å². The normalized spacial score (nSPS) is 13.2. The maximum atomic E-state index is 11.9.